The Bertz CT molecular complexity index is 1210. The summed E-state index contributed by atoms with van der Waals surface area (Å²) in [7, 11) is -2.42. The summed E-state index contributed by atoms with van der Waals surface area (Å²) in [5.74, 6) is 0.266. The molecule has 0 aliphatic heterocycles. The second-order valence-electron chi connectivity index (χ2n) is 7.69. The molecule has 1 aliphatic rings. The zero-order chi connectivity index (χ0) is 21.4. The lowest BCUT2D eigenvalue weighted by molar-refractivity contribution is -0.125. The van der Waals surface area contributed by atoms with Gasteiger partial charge in [-0.2, -0.15) is 0 Å². The molecule has 0 bridgehead atoms. The van der Waals surface area contributed by atoms with E-state index < -0.39 is 21.3 Å². The molecule has 1 amide bonds. The summed E-state index contributed by atoms with van der Waals surface area (Å²) in [5.41, 5.74) is 0.951. The molecule has 0 fully saturated rings. The van der Waals surface area contributed by atoms with Crippen LogP contribution in [0.1, 0.15) is 37.3 Å². The minimum Gasteiger partial charge on any atom is -0.496 e. The van der Waals surface area contributed by atoms with Crippen molar-refractivity contribution in [3.63, 3.8) is 0 Å². The fraction of sp³-hybridized carbons (Fsp3) is 0.292. The van der Waals surface area contributed by atoms with Crippen molar-refractivity contribution < 1.29 is 17.9 Å². The molecule has 1 N–H and O–H groups in total. The quantitative estimate of drug-likeness (QED) is 0.663. The Morgan fingerprint density at radius 3 is 2.57 bits per heavy atom. The monoisotopic (exact) mass is 423 g/mol. The van der Waals surface area contributed by atoms with E-state index in [-0.39, 0.29) is 4.90 Å². The smallest absolute Gasteiger partial charge is 0.264 e. The molecule has 3 aromatic rings. The lowest BCUT2D eigenvalue weighted by Gasteiger charge is -2.37. The van der Waals surface area contributed by atoms with Gasteiger partial charge in [0, 0.05) is 5.39 Å². The van der Waals surface area contributed by atoms with Gasteiger partial charge in [0.15, 0.2) is 0 Å². The van der Waals surface area contributed by atoms with Gasteiger partial charge in [-0.15, -0.1) is 0 Å². The van der Waals surface area contributed by atoms with Crippen molar-refractivity contribution in [2.45, 2.75) is 42.9 Å². The maximum Gasteiger partial charge on any atom is 0.264 e. The number of amides is 1. The van der Waals surface area contributed by atoms with Gasteiger partial charge in [-0.05, 0) is 54.3 Å². The van der Waals surface area contributed by atoms with Gasteiger partial charge in [-0.25, -0.2) is 13.1 Å². The number of carbonyl (C=O) groups is 1. The predicted octanol–water partition coefficient (Wildman–Crippen LogP) is 4.34. The van der Waals surface area contributed by atoms with Gasteiger partial charge in [0.1, 0.15) is 5.75 Å². The molecule has 4 rings (SSSR count). The molecule has 3 aromatic carbocycles. The van der Waals surface area contributed by atoms with E-state index in [9.17, 15) is 13.2 Å². The third kappa shape index (κ3) is 3.25. The molecular formula is C24H25NO4S. The van der Waals surface area contributed by atoms with E-state index >= 15 is 0 Å². The van der Waals surface area contributed by atoms with Crippen LogP contribution in [-0.2, 0) is 26.7 Å². The fourth-order valence-corrected chi connectivity index (χ4v) is 5.92. The summed E-state index contributed by atoms with van der Waals surface area (Å²) in [5, 5.41) is 1.40. The number of nitrogens with one attached hydrogen (secondary N) is 1. The predicted molar refractivity (Wildman–Crippen MR) is 117 cm³/mol. The van der Waals surface area contributed by atoms with Crippen LogP contribution in [0.25, 0.3) is 10.8 Å². The molecule has 0 saturated carbocycles. The number of methoxy groups -OCH3 is 1. The third-order valence-corrected chi connectivity index (χ3v) is 7.59. The van der Waals surface area contributed by atoms with Crippen LogP contribution in [0.3, 0.4) is 0 Å². The SMILES string of the molecule is CCC1(C(=O)NS(=O)(=O)c2cccc3ccccc23)CCCc2c(OC)cccc21. The Morgan fingerprint density at radius 2 is 1.80 bits per heavy atom. The molecular weight excluding hydrogens is 398 g/mol. The van der Waals surface area contributed by atoms with Crippen molar-refractivity contribution in [3.8, 4) is 5.75 Å². The van der Waals surface area contributed by atoms with Crippen LogP contribution in [0.5, 0.6) is 5.75 Å². The minimum absolute atomic E-state index is 0.113. The second-order valence-corrected chi connectivity index (χ2v) is 9.34. The average Bonchev–Trinajstić information content (AvgIpc) is 2.77. The number of hydrogen-bond acceptors (Lipinski definition) is 4. The van der Waals surface area contributed by atoms with Crippen LogP contribution in [0.2, 0.25) is 0 Å². The van der Waals surface area contributed by atoms with Crippen LogP contribution in [0, 0.1) is 0 Å². The Hall–Kier alpha value is -2.86. The maximum absolute atomic E-state index is 13.5. The van der Waals surface area contributed by atoms with Crippen LogP contribution in [-0.4, -0.2) is 21.4 Å². The normalized spacial score (nSPS) is 18.6. The molecule has 5 nitrogen and oxygen atoms in total. The van der Waals surface area contributed by atoms with Crippen molar-refractivity contribution in [2.24, 2.45) is 0 Å². The molecule has 1 aliphatic carbocycles. The van der Waals surface area contributed by atoms with E-state index in [1.807, 2.05) is 43.3 Å². The first-order chi connectivity index (χ1) is 14.4. The van der Waals surface area contributed by atoms with Gasteiger partial charge >= 0.3 is 0 Å². The van der Waals surface area contributed by atoms with Crippen LogP contribution >= 0.6 is 0 Å². The molecule has 0 saturated heterocycles. The average molecular weight is 424 g/mol. The summed E-state index contributed by atoms with van der Waals surface area (Å²) in [6.07, 6.45) is 2.71. The Labute approximate surface area is 177 Å². The minimum atomic E-state index is -4.03. The molecule has 156 valence electrons. The first-order valence-electron chi connectivity index (χ1n) is 10.1. The van der Waals surface area contributed by atoms with E-state index in [2.05, 4.69) is 4.72 Å². The van der Waals surface area contributed by atoms with Crippen molar-refractivity contribution >= 4 is 26.7 Å². The zero-order valence-corrected chi connectivity index (χ0v) is 18.0. The molecule has 6 heteroatoms. The summed E-state index contributed by atoms with van der Waals surface area (Å²) in [6.45, 7) is 1.93. The van der Waals surface area contributed by atoms with Gasteiger partial charge in [0.2, 0.25) is 5.91 Å². The highest BCUT2D eigenvalue weighted by atomic mass is 32.2. The molecule has 0 heterocycles. The lowest BCUT2D eigenvalue weighted by Crippen LogP contribution is -2.48. The largest absolute Gasteiger partial charge is 0.496 e. The molecule has 0 aromatic heterocycles. The van der Waals surface area contributed by atoms with E-state index in [0.29, 0.717) is 18.2 Å². The second kappa shape index (κ2) is 7.76. The first-order valence-corrected chi connectivity index (χ1v) is 11.6. The molecule has 1 atom stereocenters. The molecule has 1 unspecified atom stereocenters. The number of sulfonamides is 1. The number of benzene rings is 3. The van der Waals surface area contributed by atoms with E-state index in [1.165, 1.54) is 6.07 Å². The van der Waals surface area contributed by atoms with E-state index in [0.717, 1.165) is 35.1 Å². The van der Waals surface area contributed by atoms with E-state index in [1.54, 1.807) is 25.3 Å². The van der Waals surface area contributed by atoms with Gasteiger partial charge in [-0.3, -0.25) is 4.79 Å². The molecule has 30 heavy (non-hydrogen) atoms. The summed E-state index contributed by atoms with van der Waals surface area (Å²) in [6, 6.07) is 18.0. The lowest BCUT2D eigenvalue weighted by atomic mass is 9.67. The number of fused-ring (bicyclic) bond motifs is 2. The standard InChI is InChI=1S/C24H25NO4S/c1-3-24(16-8-12-19-20(24)13-7-14-21(19)29-2)23(26)25-30(27,28)22-15-6-10-17-9-4-5-11-18(17)22/h4-7,9-11,13-15H,3,8,12,16H2,1-2H3,(H,25,26). The number of hydrogen-bond donors (Lipinski definition) is 1. The van der Waals surface area contributed by atoms with Crippen LogP contribution in [0.4, 0.5) is 0 Å². The number of rotatable bonds is 5. The summed E-state index contributed by atoms with van der Waals surface area (Å²) < 4.78 is 34.4. The Morgan fingerprint density at radius 1 is 1.07 bits per heavy atom. The van der Waals surface area contributed by atoms with Crippen molar-refractivity contribution in [1.29, 1.82) is 0 Å². The Balaban J connectivity index is 1.76. The van der Waals surface area contributed by atoms with Gasteiger partial charge < -0.3 is 4.74 Å². The van der Waals surface area contributed by atoms with Crippen LogP contribution in [0.15, 0.2) is 65.6 Å². The third-order valence-electron chi connectivity index (χ3n) is 6.20. The van der Waals surface area contributed by atoms with E-state index in [4.69, 9.17) is 4.74 Å². The van der Waals surface area contributed by atoms with Crippen molar-refractivity contribution in [3.05, 3.63) is 71.8 Å². The van der Waals surface area contributed by atoms with Gasteiger partial charge in [0.05, 0.1) is 17.4 Å². The number of ether oxygens (including phenoxy) is 1. The fourth-order valence-electron chi connectivity index (χ4n) is 4.63. The topological polar surface area (TPSA) is 72.5 Å². The number of carbonyl (C=O) groups excluding carboxylic acids is 1. The summed E-state index contributed by atoms with van der Waals surface area (Å²) in [4.78, 5) is 13.6. The van der Waals surface area contributed by atoms with Gasteiger partial charge in [0.25, 0.3) is 10.0 Å². The van der Waals surface area contributed by atoms with Gasteiger partial charge in [-0.1, -0.05) is 55.5 Å². The highest BCUT2D eigenvalue weighted by Gasteiger charge is 2.44. The maximum atomic E-state index is 13.5. The zero-order valence-electron chi connectivity index (χ0n) is 17.1. The highest BCUT2D eigenvalue weighted by molar-refractivity contribution is 7.90. The van der Waals surface area contributed by atoms with Crippen molar-refractivity contribution in [1.82, 2.24) is 4.72 Å². The first kappa shape index (κ1) is 20.4. The summed E-state index contributed by atoms with van der Waals surface area (Å²) >= 11 is 0. The van der Waals surface area contributed by atoms with Crippen LogP contribution < -0.4 is 9.46 Å². The highest BCUT2D eigenvalue weighted by Crippen LogP contribution is 2.43. The Kier molecular flexibility index (Phi) is 5.28. The molecule has 0 radical (unpaired) electrons. The molecule has 0 spiro atoms. The van der Waals surface area contributed by atoms with Crippen molar-refractivity contribution in [2.75, 3.05) is 7.11 Å².